The van der Waals surface area contributed by atoms with Crippen LogP contribution in [0.5, 0.6) is 5.75 Å². The Morgan fingerprint density at radius 2 is 1.71 bits per heavy atom. The first-order valence-corrected chi connectivity index (χ1v) is 8.77. The highest BCUT2D eigenvalue weighted by Crippen LogP contribution is 2.17. The summed E-state index contributed by atoms with van der Waals surface area (Å²) in [6, 6.07) is 16.6. The minimum absolute atomic E-state index is 0.544. The van der Waals surface area contributed by atoms with Gasteiger partial charge in [-0.3, -0.25) is 0 Å². The van der Waals surface area contributed by atoms with Crippen molar-refractivity contribution in [2.45, 2.75) is 32.6 Å². The summed E-state index contributed by atoms with van der Waals surface area (Å²) in [5.74, 6) is 1.44. The van der Waals surface area contributed by atoms with Gasteiger partial charge in [0.05, 0.1) is 7.11 Å². The number of benzene rings is 2. The Kier molecular flexibility index (Phi) is 7.07. The fraction of sp³-hybridized carbons (Fsp3) is 0.350. The Morgan fingerprint density at radius 1 is 1.04 bits per heavy atom. The maximum absolute atomic E-state index is 5.34. The summed E-state index contributed by atoms with van der Waals surface area (Å²) >= 11 is 5.34. The molecule has 24 heavy (non-hydrogen) atoms. The van der Waals surface area contributed by atoms with Crippen LogP contribution in [0.3, 0.4) is 0 Å². The van der Waals surface area contributed by atoms with E-state index < -0.39 is 0 Å². The number of anilines is 1. The summed E-state index contributed by atoms with van der Waals surface area (Å²) in [5.41, 5.74) is 3.66. The van der Waals surface area contributed by atoms with Crippen molar-refractivity contribution in [1.82, 2.24) is 5.32 Å². The highest BCUT2D eigenvalue weighted by molar-refractivity contribution is 7.80. The zero-order valence-corrected chi connectivity index (χ0v) is 15.5. The van der Waals surface area contributed by atoms with Crippen molar-refractivity contribution in [3.63, 3.8) is 0 Å². The molecule has 0 aliphatic carbocycles. The smallest absolute Gasteiger partial charge is 0.170 e. The number of thiocarbonyl (C=S) groups is 1. The molecule has 0 saturated carbocycles. The first-order chi connectivity index (χ1) is 11.6. The number of aryl methyl sites for hydroxylation is 1. The SMILES string of the molecule is COc1ccc(CCCNC(=S)Nc2ccc(C(C)C)cc2)cc1. The van der Waals surface area contributed by atoms with Crippen LogP contribution in [-0.4, -0.2) is 18.8 Å². The molecule has 0 aliphatic heterocycles. The lowest BCUT2D eigenvalue weighted by Crippen LogP contribution is -2.29. The summed E-state index contributed by atoms with van der Waals surface area (Å²) in [7, 11) is 1.68. The van der Waals surface area contributed by atoms with Gasteiger partial charge in [0.15, 0.2) is 5.11 Å². The average molecular weight is 343 g/mol. The van der Waals surface area contributed by atoms with Gasteiger partial charge in [-0.15, -0.1) is 0 Å². The summed E-state index contributed by atoms with van der Waals surface area (Å²) in [6.45, 7) is 5.23. The fourth-order valence-electron chi connectivity index (χ4n) is 2.41. The maximum Gasteiger partial charge on any atom is 0.170 e. The number of ether oxygens (including phenoxy) is 1. The van der Waals surface area contributed by atoms with Gasteiger partial charge >= 0.3 is 0 Å². The van der Waals surface area contributed by atoms with E-state index >= 15 is 0 Å². The van der Waals surface area contributed by atoms with Crippen LogP contribution >= 0.6 is 12.2 Å². The molecule has 2 rings (SSSR count). The van der Waals surface area contributed by atoms with E-state index in [4.69, 9.17) is 17.0 Å². The lowest BCUT2D eigenvalue weighted by atomic mass is 10.0. The van der Waals surface area contributed by atoms with Gasteiger partial charge in [0.2, 0.25) is 0 Å². The molecule has 0 radical (unpaired) electrons. The maximum atomic E-state index is 5.34. The van der Waals surface area contributed by atoms with Gasteiger partial charge in [0.1, 0.15) is 5.75 Å². The minimum Gasteiger partial charge on any atom is -0.497 e. The Morgan fingerprint density at radius 3 is 2.29 bits per heavy atom. The molecule has 0 amide bonds. The van der Waals surface area contributed by atoms with Crippen molar-refractivity contribution in [2.24, 2.45) is 0 Å². The van der Waals surface area contributed by atoms with Crippen LogP contribution < -0.4 is 15.4 Å². The van der Waals surface area contributed by atoms with E-state index in [1.165, 1.54) is 11.1 Å². The van der Waals surface area contributed by atoms with Crippen molar-refractivity contribution in [3.05, 3.63) is 59.7 Å². The zero-order valence-electron chi connectivity index (χ0n) is 14.6. The molecule has 2 aromatic carbocycles. The molecule has 0 saturated heterocycles. The van der Waals surface area contributed by atoms with Crippen LogP contribution in [0.4, 0.5) is 5.69 Å². The third-order valence-corrected chi connectivity index (χ3v) is 4.17. The van der Waals surface area contributed by atoms with Crippen molar-refractivity contribution in [1.29, 1.82) is 0 Å². The van der Waals surface area contributed by atoms with Gasteiger partial charge in [0, 0.05) is 12.2 Å². The van der Waals surface area contributed by atoms with E-state index in [1.54, 1.807) is 7.11 Å². The highest BCUT2D eigenvalue weighted by Gasteiger charge is 2.01. The minimum atomic E-state index is 0.544. The number of hydrogen-bond acceptors (Lipinski definition) is 2. The molecule has 0 unspecified atom stereocenters. The largest absolute Gasteiger partial charge is 0.497 e. The van der Waals surface area contributed by atoms with E-state index in [0.717, 1.165) is 30.8 Å². The second kappa shape index (κ2) is 9.28. The average Bonchev–Trinajstić information content (AvgIpc) is 2.59. The van der Waals surface area contributed by atoms with Gasteiger partial charge < -0.3 is 15.4 Å². The summed E-state index contributed by atoms with van der Waals surface area (Å²) in [4.78, 5) is 0. The van der Waals surface area contributed by atoms with Crippen LogP contribution in [0.2, 0.25) is 0 Å². The van der Waals surface area contributed by atoms with Gasteiger partial charge in [-0.25, -0.2) is 0 Å². The van der Waals surface area contributed by atoms with Gasteiger partial charge in [-0.1, -0.05) is 38.1 Å². The Labute approximate surface area is 150 Å². The van der Waals surface area contributed by atoms with Crippen LogP contribution in [0.15, 0.2) is 48.5 Å². The molecule has 4 heteroatoms. The molecule has 2 N–H and O–H groups in total. The van der Waals surface area contributed by atoms with Crippen molar-refractivity contribution in [3.8, 4) is 5.75 Å². The first kappa shape index (κ1) is 18.3. The second-order valence-corrected chi connectivity index (χ2v) is 6.52. The zero-order chi connectivity index (χ0) is 17.4. The topological polar surface area (TPSA) is 33.3 Å². The molecular formula is C20H26N2OS. The lowest BCUT2D eigenvalue weighted by Gasteiger charge is -2.12. The molecule has 0 aliphatic rings. The Balaban J connectivity index is 1.69. The van der Waals surface area contributed by atoms with Crippen molar-refractivity contribution < 1.29 is 4.74 Å². The van der Waals surface area contributed by atoms with Gasteiger partial charge in [-0.2, -0.15) is 0 Å². The summed E-state index contributed by atoms with van der Waals surface area (Å²) < 4.78 is 5.17. The molecular weight excluding hydrogens is 316 g/mol. The Hall–Kier alpha value is -2.07. The first-order valence-electron chi connectivity index (χ1n) is 8.36. The Bertz CT molecular complexity index is 636. The summed E-state index contributed by atoms with van der Waals surface area (Å²) in [5, 5.41) is 7.15. The van der Waals surface area contributed by atoms with Crippen LogP contribution in [0.25, 0.3) is 0 Å². The lowest BCUT2D eigenvalue weighted by molar-refractivity contribution is 0.414. The van der Waals surface area contributed by atoms with E-state index in [9.17, 15) is 0 Å². The number of rotatable bonds is 7. The molecule has 0 heterocycles. The molecule has 3 nitrogen and oxygen atoms in total. The normalized spacial score (nSPS) is 10.5. The quantitative estimate of drug-likeness (QED) is 0.562. The van der Waals surface area contributed by atoms with E-state index in [-0.39, 0.29) is 0 Å². The molecule has 0 aromatic heterocycles. The van der Waals surface area contributed by atoms with E-state index in [1.807, 2.05) is 12.1 Å². The van der Waals surface area contributed by atoms with Crippen LogP contribution in [0.1, 0.15) is 37.3 Å². The number of hydrogen-bond donors (Lipinski definition) is 2. The highest BCUT2D eigenvalue weighted by atomic mass is 32.1. The second-order valence-electron chi connectivity index (χ2n) is 6.11. The molecule has 0 atom stereocenters. The van der Waals surface area contributed by atoms with Gasteiger partial charge in [0.25, 0.3) is 0 Å². The van der Waals surface area contributed by atoms with Crippen molar-refractivity contribution in [2.75, 3.05) is 19.0 Å². The predicted octanol–water partition coefficient (Wildman–Crippen LogP) is 4.74. The molecule has 0 bridgehead atoms. The number of nitrogens with one attached hydrogen (secondary N) is 2. The van der Waals surface area contributed by atoms with Crippen LogP contribution in [0, 0.1) is 0 Å². The molecule has 0 fully saturated rings. The van der Waals surface area contributed by atoms with Crippen LogP contribution in [-0.2, 0) is 6.42 Å². The van der Waals surface area contributed by atoms with E-state index in [2.05, 4.69) is 60.9 Å². The third kappa shape index (κ3) is 5.85. The monoisotopic (exact) mass is 342 g/mol. The fourth-order valence-corrected chi connectivity index (χ4v) is 2.63. The third-order valence-electron chi connectivity index (χ3n) is 3.92. The van der Waals surface area contributed by atoms with Gasteiger partial charge in [-0.05, 0) is 66.4 Å². The predicted molar refractivity (Wildman–Crippen MR) is 106 cm³/mol. The molecule has 0 spiro atoms. The number of methoxy groups -OCH3 is 1. The standard InChI is InChI=1S/C20H26N2OS/c1-15(2)17-8-10-18(11-9-17)22-20(24)21-14-4-5-16-6-12-19(23-3)13-7-16/h6-13,15H,4-5,14H2,1-3H3,(H2,21,22,24). The summed E-state index contributed by atoms with van der Waals surface area (Å²) in [6.07, 6.45) is 2.04. The molecule has 2 aromatic rings. The van der Waals surface area contributed by atoms with Crippen molar-refractivity contribution >= 4 is 23.0 Å². The molecule has 128 valence electrons. The van der Waals surface area contributed by atoms with E-state index in [0.29, 0.717) is 11.0 Å².